The van der Waals surface area contributed by atoms with Gasteiger partial charge in [-0.2, -0.15) is 0 Å². The van der Waals surface area contributed by atoms with Gasteiger partial charge >= 0.3 is 0 Å². The van der Waals surface area contributed by atoms with Crippen LogP contribution >= 0.6 is 0 Å². The van der Waals surface area contributed by atoms with Gasteiger partial charge in [-0.3, -0.25) is 14.6 Å². The molecule has 2 aliphatic rings. The largest absolute Gasteiger partial charge is 0.511 e. The van der Waals surface area contributed by atoms with E-state index in [-0.39, 0.29) is 35.1 Å². The molecule has 34 heavy (non-hydrogen) atoms. The molecule has 0 bridgehead atoms. The summed E-state index contributed by atoms with van der Waals surface area (Å²) < 4.78 is 5.48. The van der Waals surface area contributed by atoms with Crippen molar-refractivity contribution in [2.75, 3.05) is 6.54 Å². The number of hydrogen-bond acceptors (Lipinski definition) is 6. The first kappa shape index (κ1) is 24.1. The highest BCUT2D eigenvalue weighted by Crippen LogP contribution is 2.37. The third-order valence-electron chi connectivity index (χ3n) is 6.80. The van der Waals surface area contributed by atoms with Gasteiger partial charge in [0.15, 0.2) is 11.6 Å². The number of aliphatic imine (C=N–C) groups is 1. The summed E-state index contributed by atoms with van der Waals surface area (Å²) in [5.74, 6) is 0.690. The first-order valence-corrected chi connectivity index (χ1v) is 12.3. The fourth-order valence-corrected chi connectivity index (χ4v) is 5.05. The van der Waals surface area contributed by atoms with Gasteiger partial charge in [-0.25, -0.2) is 0 Å². The minimum Gasteiger partial charge on any atom is -0.511 e. The fraction of sp³-hybridized carbons (Fsp3) is 0.500. The summed E-state index contributed by atoms with van der Waals surface area (Å²) in [5.41, 5.74) is 3.15. The van der Waals surface area contributed by atoms with E-state index in [1.165, 1.54) is 0 Å². The molecule has 6 nitrogen and oxygen atoms in total. The number of aromatic nitrogens is 1. The van der Waals surface area contributed by atoms with Crippen LogP contribution in [-0.4, -0.2) is 34.1 Å². The molecule has 1 unspecified atom stereocenters. The Hall–Kier alpha value is -3.02. The molecule has 4 rings (SSSR count). The number of fused-ring (bicyclic) bond motifs is 1. The molecule has 1 saturated carbocycles. The Morgan fingerprint density at radius 1 is 1.15 bits per heavy atom. The van der Waals surface area contributed by atoms with E-state index in [1.54, 1.807) is 0 Å². The molecule has 1 fully saturated rings. The van der Waals surface area contributed by atoms with E-state index in [0.717, 1.165) is 18.4 Å². The number of hydrogen-bond donors (Lipinski definition) is 1. The predicted octanol–water partition coefficient (Wildman–Crippen LogP) is 5.96. The van der Waals surface area contributed by atoms with Crippen molar-refractivity contribution in [2.24, 2.45) is 10.4 Å². The van der Waals surface area contributed by atoms with Gasteiger partial charge in [-0.05, 0) is 29.7 Å². The molecule has 0 amide bonds. The van der Waals surface area contributed by atoms with Gasteiger partial charge in [0.1, 0.15) is 11.5 Å². The van der Waals surface area contributed by atoms with Crippen LogP contribution in [-0.2, 0) is 17.6 Å². The standard InChI is InChI=1S/C28H34N2O4/c1-4-5-13-29-21-14-19(18-9-7-6-8-10-18)15-23(32)26(21)22(31)12-11-20-27-24(33)16-28(2,3)17-25(27)34-30-20/h6-10,19,31H,4-5,11-17H2,1-3H3/b26-22-,29-21?. The van der Waals surface area contributed by atoms with Crippen molar-refractivity contribution in [1.82, 2.24) is 5.16 Å². The molecule has 2 aliphatic carbocycles. The second-order valence-corrected chi connectivity index (χ2v) is 10.3. The SMILES string of the molecule is CCCCN=C1CC(c2ccccc2)CC(=O)/C1=C(\O)CCc1noc2c1C(=O)CC(C)(C)C2. The van der Waals surface area contributed by atoms with E-state index in [9.17, 15) is 14.7 Å². The zero-order chi connectivity index (χ0) is 24.3. The van der Waals surface area contributed by atoms with E-state index in [0.29, 0.717) is 67.0 Å². The lowest BCUT2D eigenvalue weighted by molar-refractivity contribution is -0.116. The lowest BCUT2D eigenvalue weighted by Crippen LogP contribution is -2.27. The number of aliphatic hydroxyl groups is 1. The maximum absolute atomic E-state index is 13.2. The fourth-order valence-electron chi connectivity index (χ4n) is 5.05. The number of nitrogens with zero attached hydrogens (tertiary/aromatic N) is 2. The number of allylic oxidation sites excluding steroid dienone is 2. The monoisotopic (exact) mass is 462 g/mol. The first-order valence-electron chi connectivity index (χ1n) is 12.3. The van der Waals surface area contributed by atoms with Crippen molar-refractivity contribution < 1.29 is 19.2 Å². The number of unbranched alkanes of at least 4 members (excludes halogenated alkanes) is 1. The molecule has 1 aromatic heterocycles. The molecular formula is C28H34N2O4. The predicted molar refractivity (Wildman–Crippen MR) is 132 cm³/mol. The smallest absolute Gasteiger partial charge is 0.168 e. The van der Waals surface area contributed by atoms with E-state index < -0.39 is 0 Å². The molecule has 1 N–H and O–H groups in total. The Labute approximate surface area is 201 Å². The maximum Gasteiger partial charge on any atom is 0.168 e. The van der Waals surface area contributed by atoms with Gasteiger partial charge in [0.25, 0.3) is 0 Å². The molecule has 1 atom stereocenters. The Morgan fingerprint density at radius 2 is 1.91 bits per heavy atom. The average Bonchev–Trinajstić information content (AvgIpc) is 3.20. The number of carbonyl (C=O) groups is 2. The summed E-state index contributed by atoms with van der Waals surface area (Å²) in [6, 6.07) is 10.0. The second kappa shape index (κ2) is 10.1. The quantitative estimate of drug-likeness (QED) is 0.311. The number of aryl methyl sites for hydroxylation is 1. The van der Waals surface area contributed by atoms with Crippen LogP contribution in [0.4, 0.5) is 0 Å². The lowest BCUT2D eigenvalue weighted by Gasteiger charge is -2.27. The van der Waals surface area contributed by atoms with E-state index in [4.69, 9.17) is 9.52 Å². The molecule has 180 valence electrons. The summed E-state index contributed by atoms with van der Waals surface area (Å²) >= 11 is 0. The number of ketones is 2. The normalized spacial score (nSPS) is 22.7. The van der Waals surface area contributed by atoms with Crippen LogP contribution in [0.3, 0.4) is 0 Å². The topological polar surface area (TPSA) is 92.8 Å². The molecule has 1 heterocycles. The molecule has 2 aromatic rings. The van der Waals surface area contributed by atoms with Gasteiger partial charge in [-0.1, -0.05) is 62.7 Å². The zero-order valence-corrected chi connectivity index (χ0v) is 20.4. The summed E-state index contributed by atoms with van der Waals surface area (Å²) in [4.78, 5) is 30.6. The van der Waals surface area contributed by atoms with Crippen molar-refractivity contribution in [3.8, 4) is 0 Å². The van der Waals surface area contributed by atoms with Crippen molar-refractivity contribution in [3.05, 3.63) is 64.2 Å². The molecule has 0 aliphatic heterocycles. The van der Waals surface area contributed by atoms with Gasteiger partial charge in [0, 0.05) is 44.4 Å². The first-order chi connectivity index (χ1) is 16.3. The number of rotatable bonds is 7. The highest BCUT2D eigenvalue weighted by Gasteiger charge is 2.37. The Bertz CT molecular complexity index is 1120. The second-order valence-electron chi connectivity index (χ2n) is 10.3. The summed E-state index contributed by atoms with van der Waals surface area (Å²) in [7, 11) is 0. The van der Waals surface area contributed by atoms with Crippen LogP contribution in [0.2, 0.25) is 0 Å². The molecular weight excluding hydrogens is 428 g/mol. The number of aliphatic hydroxyl groups excluding tert-OH is 1. The van der Waals surface area contributed by atoms with Crippen molar-refractivity contribution >= 4 is 17.3 Å². The zero-order valence-electron chi connectivity index (χ0n) is 20.4. The van der Waals surface area contributed by atoms with E-state index >= 15 is 0 Å². The van der Waals surface area contributed by atoms with Crippen LogP contribution in [0, 0.1) is 5.41 Å². The Balaban J connectivity index is 1.56. The molecule has 0 spiro atoms. The number of carbonyl (C=O) groups excluding carboxylic acids is 2. The minimum atomic E-state index is -0.140. The van der Waals surface area contributed by atoms with Gasteiger partial charge in [-0.15, -0.1) is 0 Å². The Kier molecular flexibility index (Phi) is 7.15. The van der Waals surface area contributed by atoms with Gasteiger partial charge in [0.2, 0.25) is 0 Å². The van der Waals surface area contributed by atoms with Crippen LogP contribution in [0.5, 0.6) is 0 Å². The number of Topliss-reactive ketones (excluding diaryl/α,β-unsaturated/α-hetero) is 2. The summed E-state index contributed by atoms with van der Waals surface area (Å²) in [6.07, 6.45) is 4.62. The van der Waals surface area contributed by atoms with Crippen molar-refractivity contribution in [2.45, 2.75) is 78.1 Å². The third-order valence-corrected chi connectivity index (χ3v) is 6.80. The third kappa shape index (κ3) is 5.21. The highest BCUT2D eigenvalue weighted by molar-refractivity contribution is 6.24. The van der Waals surface area contributed by atoms with Crippen molar-refractivity contribution in [3.63, 3.8) is 0 Å². The van der Waals surface area contributed by atoms with Crippen LogP contribution in [0.1, 0.15) is 92.6 Å². The van der Waals surface area contributed by atoms with Gasteiger partial charge in [0.05, 0.1) is 16.8 Å². The average molecular weight is 463 g/mol. The van der Waals surface area contributed by atoms with Gasteiger partial charge < -0.3 is 9.63 Å². The van der Waals surface area contributed by atoms with Crippen LogP contribution in [0.15, 0.2) is 51.2 Å². The minimum absolute atomic E-state index is 0.0344. The molecule has 6 heteroatoms. The number of benzene rings is 1. The van der Waals surface area contributed by atoms with E-state index in [1.807, 2.05) is 44.2 Å². The molecule has 0 radical (unpaired) electrons. The molecule has 1 aromatic carbocycles. The lowest BCUT2D eigenvalue weighted by atomic mass is 9.76. The van der Waals surface area contributed by atoms with E-state index in [2.05, 4.69) is 12.1 Å². The molecule has 0 saturated heterocycles. The maximum atomic E-state index is 13.2. The van der Waals surface area contributed by atoms with Crippen LogP contribution < -0.4 is 0 Å². The summed E-state index contributed by atoms with van der Waals surface area (Å²) in [6.45, 7) is 6.83. The van der Waals surface area contributed by atoms with Crippen molar-refractivity contribution in [1.29, 1.82) is 0 Å². The van der Waals surface area contributed by atoms with Crippen LogP contribution in [0.25, 0.3) is 0 Å². The summed E-state index contributed by atoms with van der Waals surface area (Å²) in [5, 5.41) is 15.2. The Morgan fingerprint density at radius 3 is 2.65 bits per heavy atom. The highest BCUT2D eigenvalue weighted by atomic mass is 16.5.